The maximum Gasteiger partial charge on any atom is 0.312 e. The van der Waals surface area contributed by atoms with Gasteiger partial charge in [-0.3, -0.25) is 4.79 Å². The second-order valence-electron chi connectivity index (χ2n) is 2.57. The summed E-state index contributed by atoms with van der Waals surface area (Å²) < 4.78 is 4.58. The molecule has 0 aliphatic heterocycles. The highest BCUT2D eigenvalue weighted by atomic mass is 31.1. The number of rotatable bonds is 3. The van der Waals surface area contributed by atoms with Gasteiger partial charge in [0.25, 0.3) is 0 Å². The lowest BCUT2D eigenvalue weighted by Gasteiger charge is -2.10. The molecule has 0 saturated heterocycles. The second-order valence-corrected chi connectivity index (χ2v) is 4.92. The SMILES string of the molecule is COC(=O)[C@@H](C)PC(C)C. The van der Waals surface area contributed by atoms with Gasteiger partial charge in [-0.2, -0.15) is 0 Å². The van der Waals surface area contributed by atoms with E-state index < -0.39 is 0 Å². The van der Waals surface area contributed by atoms with E-state index >= 15 is 0 Å². The van der Waals surface area contributed by atoms with Gasteiger partial charge in [-0.15, -0.1) is 8.58 Å². The van der Waals surface area contributed by atoms with E-state index in [1.165, 1.54) is 7.11 Å². The Labute approximate surface area is 64.1 Å². The van der Waals surface area contributed by atoms with E-state index in [1.807, 2.05) is 6.92 Å². The standard InChI is InChI=1S/C7H15O2P/c1-5(2)10-6(3)7(8)9-4/h5-6,10H,1-4H3/t6-/m1/s1. The Morgan fingerprint density at radius 3 is 2.20 bits per heavy atom. The smallest absolute Gasteiger partial charge is 0.312 e. The minimum atomic E-state index is -0.0907. The Kier molecular flexibility index (Phi) is 4.63. The normalized spacial score (nSPS) is 14.5. The zero-order valence-corrected chi connectivity index (χ0v) is 7.97. The number of ether oxygens (including phenoxy) is 1. The second kappa shape index (κ2) is 4.68. The van der Waals surface area contributed by atoms with Gasteiger partial charge in [0.1, 0.15) is 0 Å². The Bertz CT molecular complexity index is 112. The van der Waals surface area contributed by atoms with Gasteiger partial charge in [0.2, 0.25) is 0 Å². The molecule has 0 aliphatic carbocycles. The molecule has 0 amide bonds. The van der Waals surface area contributed by atoms with E-state index in [0.29, 0.717) is 14.2 Å². The molecule has 0 spiro atoms. The summed E-state index contributed by atoms with van der Waals surface area (Å²) in [5.41, 5.74) is 0.666. The number of hydrogen-bond acceptors (Lipinski definition) is 2. The number of carbonyl (C=O) groups excluding carboxylic acids is 1. The fourth-order valence-electron chi connectivity index (χ4n) is 0.745. The first-order valence-corrected chi connectivity index (χ1v) is 4.57. The number of carbonyl (C=O) groups is 1. The predicted octanol–water partition coefficient (Wildman–Crippen LogP) is 1.63. The van der Waals surface area contributed by atoms with Crippen LogP contribution in [0.15, 0.2) is 0 Å². The van der Waals surface area contributed by atoms with E-state index in [9.17, 15) is 4.79 Å². The van der Waals surface area contributed by atoms with Gasteiger partial charge >= 0.3 is 5.97 Å². The molecule has 60 valence electrons. The molecule has 0 bridgehead atoms. The molecule has 0 heterocycles. The van der Waals surface area contributed by atoms with Crippen LogP contribution in [0.3, 0.4) is 0 Å². The summed E-state index contributed by atoms with van der Waals surface area (Å²) >= 11 is 0. The van der Waals surface area contributed by atoms with Crippen molar-refractivity contribution < 1.29 is 9.53 Å². The first-order valence-electron chi connectivity index (χ1n) is 3.41. The lowest BCUT2D eigenvalue weighted by Crippen LogP contribution is -2.15. The molecular weight excluding hydrogens is 147 g/mol. The highest BCUT2D eigenvalue weighted by Crippen LogP contribution is 2.25. The third-order valence-electron chi connectivity index (χ3n) is 1.14. The Morgan fingerprint density at radius 2 is 1.90 bits per heavy atom. The van der Waals surface area contributed by atoms with Crippen LogP contribution < -0.4 is 0 Å². The van der Waals surface area contributed by atoms with Gasteiger partial charge in [0.15, 0.2) is 0 Å². The van der Waals surface area contributed by atoms with Crippen molar-refractivity contribution in [2.45, 2.75) is 32.1 Å². The molecule has 0 fully saturated rings. The minimum Gasteiger partial charge on any atom is -0.469 e. The average molecular weight is 162 g/mol. The van der Waals surface area contributed by atoms with Crippen LogP contribution in [0.1, 0.15) is 20.8 Å². The summed E-state index contributed by atoms with van der Waals surface area (Å²) in [6.45, 7) is 6.13. The molecule has 0 radical (unpaired) electrons. The molecule has 10 heavy (non-hydrogen) atoms. The first-order chi connectivity index (χ1) is 4.57. The summed E-state index contributed by atoms with van der Waals surface area (Å²) in [5, 5.41) is 0. The molecule has 1 unspecified atom stereocenters. The van der Waals surface area contributed by atoms with Gasteiger partial charge in [-0.25, -0.2) is 0 Å². The van der Waals surface area contributed by atoms with Crippen LogP contribution in [0, 0.1) is 0 Å². The van der Waals surface area contributed by atoms with Crippen LogP contribution in [-0.4, -0.2) is 24.4 Å². The molecular formula is C7H15O2P. The molecule has 2 atom stereocenters. The summed E-state index contributed by atoms with van der Waals surface area (Å²) in [4.78, 5) is 10.8. The molecule has 0 aromatic rings. The molecule has 0 aromatic carbocycles. The van der Waals surface area contributed by atoms with Gasteiger partial charge in [0.05, 0.1) is 12.8 Å². The first kappa shape index (κ1) is 9.90. The third kappa shape index (κ3) is 3.84. The zero-order chi connectivity index (χ0) is 8.15. The molecule has 0 rings (SSSR count). The Morgan fingerprint density at radius 1 is 1.40 bits per heavy atom. The number of methoxy groups -OCH3 is 1. The van der Waals surface area contributed by atoms with Gasteiger partial charge < -0.3 is 4.74 Å². The highest BCUT2D eigenvalue weighted by molar-refractivity contribution is 7.40. The minimum absolute atomic E-state index is 0.0741. The topological polar surface area (TPSA) is 26.3 Å². The predicted molar refractivity (Wildman–Crippen MR) is 44.9 cm³/mol. The lowest BCUT2D eigenvalue weighted by atomic mass is 10.5. The average Bonchev–Trinajstić information content (AvgIpc) is 1.85. The maximum absolute atomic E-state index is 10.8. The summed E-state index contributed by atoms with van der Waals surface area (Å²) in [6, 6.07) is 0. The van der Waals surface area contributed by atoms with E-state index in [2.05, 4.69) is 18.6 Å². The Hall–Kier alpha value is -0.100. The van der Waals surface area contributed by atoms with Crippen molar-refractivity contribution in [3.63, 3.8) is 0 Å². The van der Waals surface area contributed by atoms with Crippen LogP contribution in [0.25, 0.3) is 0 Å². The quantitative estimate of drug-likeness (QED) is 0.465. The maximum atomic E-state index is 10.8. The fraction of sp³-hybridized carbons (Fsp3) is 0.857. The monoisotopic (exact) mass is 162 g/mol. The summed E-state index contributed by atoms with van der Waals surface area (Å²) in [5.74, 6) is -0.0907. The van der Waals surface area contributed by atoms with Crippen molar-refractivity contribution in [1.29, 1.82) is 0 Å². The van der Waals surface area contributed by atoms with Crippen LogP contribution >= 0.6 is 8.58 Å². The molecule has 0 aromatic heterocycles. The van der Waals surface area contributed by atoms with Crippen molar-refractivity contribution in [3.8, 4) is 0 Å². The van der Waals surface area contributed by atoms with Crippen LogP contribution in [0.2, 0.25) is 0 Å². The van der Waals surface area contributed by atoms with Gasteiger partial charge in [-0.05, 0) is 12.6 Å². The number of hydrogen-bond donors (Lipinski definition) is 0. The zero-order valence-electron chi connectivity index (χ0n) is 6.97. The summed E-state index contributed by atoms with van der Waals surface area (Å²) in [6.07, 6.45) is 0. The van der Waals surface area contributed by atoms with Crippen molar-refractivity contribution in [3.05, 3.63) is 0 Å². The molecule has 0 saturated carbocycles. The van der Waals surface area contributed by atoms with Gasteiger partial charge in [0, 0.05) is 0 Å². The van der Waals surface area contributed by atoms with E-state index in [1.54, 1.807) is 0 Å². The summed E-state index contributed by atoms with van der Waals surface area (Å²) in [7, 11) is 2.11. The van der Waals surface area contributed by atoms with Crippen molar-refractivity contribution in [1.82, 2.24) is 0 Å². The van der Waals surface area contributed by atoms with E-state index in [-0.39, 0.29) is 11.6 Å². The highest BCUT2D eigenvalue weighted by Gasteiger charge is 2.13. The van der Waals surface area contributed by atoms with Gasteiger partial charge in [-0.1, -0.05) is 13.8 Å². The largest absolute Gasteiger partial charge is 0.469 e. The van der Waals surface area contributed by atoms with Crippen LogP contribution in [0.4, 0.5) is 0 Å². The van der Waals surface area contributed by atoms with Crippen molar-refractivity contribution >= 4 is 14.6 Å². The van der Waals surface area contributed by atoms with Crippen molar-refractivity contribution in [2.75, 3.05) is 7.11 Å². The van der Waals surface area contributed by atoms with Crippen molar-refractivity contribution in [2.24, 2.45) is 0 Å². The fourth-order valence-corrected chi connectivity index (χ4v) is 2.00. The van der Waals surface area contributed by atoms with Crippen LogP contribution in [-0.2, 0) is 9.53 Å². The lowest BCUT2D eigenvalue weighted by molar-refractivity contribution is -0.139. The molecule has 3 heteroatoms. The van der Waals surface area contributed by atoms with Crippen LogP contribution in [0.5, 0.6) is 0 Å². The Balaban J connectivity index is 3.61. The third-order valence-corrected chi connectivity index (χ3v) is 2.54. The van der Waals surface area contributed by atoms with E-state index in [0.717, 1.165) is 0 Å². The number of esters is 1. The molecule has 0 N–H and O–H groups in total. The molecule has 2 nitrogen and oxygen atoms in total. The van der Waals surface area contributed by atoms with E-state index in [4.69, 9.17) is 0 Å². The molecule has 0 aliphatic rings.